The van der Waals surface area contributed by atoms with E-state index in [-0.39, 0.29) is 18.2 Å². The monoisotopic (exact) mass is 374 g/mol. The zero-order valence-electron chi connectivity index (χ0n) is 14.3. The van der Waals surface area contributed by atoms with E-state index in [0.717, 1.165) is 16.9 Å². The third kappa shape index (κ3) is 4.97. The molecule has 2 aromatic carbocycles. The Kier molecular flexibility index (Phi) is 5.55. The van der Waals surface area contributed by atoms with Crippen LogP contribution < -0.4 is 15.4 Å². The van der Waals surface area contributed by atoms with Crippen LogP contribution in [-0.4, -0.2) is 39.3 Å². The Bertz CT molecular complexity index is 900. The zero-order chi connectivity index (χ0) is 19.2. The minimum Gasteiger partial charge on any atom is -0.435 e. The number of carbonyl (C=O) groups excluding carboxylic acids is 1. The fraction of sp³-hybridized carbons (Fsp3) is 0.176. The van der Waals surface area contributed by atoms with Gasteiger partial charge in [0.25, 0.3) is 0 Å². The summed E-state index contributed by atoms with van der Waals surface area (Å²) in [5, 5.41) is 16.7. The van der Waals surface area contributed by atoms with Gasteiger partial charge in [-0.2, -0.15) is 8.78 Å². The van der Waals surface area contributed by atoms with E-state index in [1.165, 1.54) is 30.6 Å². The summed E-state index contributed by atoms with van der Waals surface area (Å²) >= 11 is 0. The highest BCUT2D eigenvalue weighted by molar-refractivity contribution is 5.93. The fourth-order valence-corrected chi connectivity index (χ4v) is 2.40. The zero-order valence-corrected chi connectivity index (χ0v) is 14.3. The van der Waals surface area contributed by atoms with Gasteiger partial charge in [0.1, 0.15) is 12.1 Å². The molecule has 140 valence electrons. The molecule has 1 heterocycles. The van der Waals surface area contributed by atoms with Gasteiger partial charge in [-0.05, 0) is 65.4 Å². The third-order valence-corrected chi connectivity index (χ3v) is 3.61. The smallest absolute Gasteiger partial charge is 0.387 e. The lowest BCUT2D eigenvalue weighted by atomic mass is 10.2. The van der Waals surface area contributed by atoms with Crippen LogP contribution in [0.4, 0.5) is 20.2 Å². The highest BCUT2D eigenvalue weighted by Crippen LogP contribution is 2.19. The maximum absolute atomic E-state index is 12.1. The number of halogens is 2. The summed E-state index contributed by atoms with van der Waals surface area (Å²) in [6.07, 6.45) is 1.50. The molecule has 0 atom stereocenters. The number of nitrogens with zero attached hydrogens (tertiary/aromatic N) is 4. The van der Waals surface area contributed by atoms with E-state index in [1.807, 2.05) is 25.1 Å². The fourth-order valence-electron chi connectivity index (χ4n) is 2.40. The average Bonchev–Trinajstić information content (AvgIpc) is 3.16. The summed E-state index contributed by atoms with van der Waals surface area (Å²) < 4.78 is 30.0. The van der Waals surface area contributed by atoms with Crippen LogP contribution in [0.25, 0.3) is 5.69 Å². The van der Waals surface area contributed by atoms with E-state index in [1.54, 1.807) is 4.68 Å². The number of aryl methyl sites for hydroxylation is 1. The van der Waals surface area contributed by atoms with Crippen LogP contribution in [0.15, 0.2) is 48.8 Å². The lowest BCUT2D eigenvalue weighted by Crippen LogP contribution is -2.21. The minimum atomic E-state index is -2.88. The molecular weight excluding hydrogens is 358 g/mol. The predicted octanol–water partition coefficient (Wildman–Crippen LogP) is 2.62. The first kappa shape index (κ1) is 18.2. The van der Waals surface area contributed by atoms with E-state index in [2.05, 4.69) is 30.9 Å². The van der Waals surface area contributed by atoms with Gasteiger partial charge in [0.05, 0.1) is 12.2 Å². The SMILES string of the molecule is Cc1cc(NCC(=O)Nc2ccc(OC(F)F)cc2)ccc1-n1cnnn1. The number of anilines is 2. The van der Waals surface area contributed by atoms with Crippen molar-refractivity contribution in [2.24, 2.45) is 0 Å². The number of aromatic nitrogens is 4. The predicted molar refractivity (Wildman–Crippen MR) is 94.1 cm³/mol. The van der Waals surface area contributed by atoms with Crippen LogP contribution in [0.3, 0.4) is 0 Å². The summed E-state index contributed by atoms with van der Waals surface area (Å²) in [6.45, 7) is -0.935. The highest BCUT2D eigenvalue weighted by atomic mass is 19.3. The first-order valence-electron chi connectivity index (χ1n) is 7.94. The minimum absolute atomic E-state index is 0.0271. The molecule has 2 N–H and O–H groups in total. The van der Waals surface area contributed by atoms with Gasteiger partial charge in [-0.15, -0.1) is 5.10 Å². The quantitative estimate of drug-likeness (QED) is 0.660. The summed E-state index contributed by atoms with van der Waals surface area (Å²) in [7, 11) is 0. The Balaban J connectivity index is 1.54. The molecule has 0 aliphatic heterocycles. The molecule has 0 aliphatic carbocycles. The standard InChI is InChI=1S/C17H16F2N6O2/c1-11-8-13(4-7-15(11)25-10-21-23-24-25)20-9-16(26)22-12-2-5-14(6-3-12)27-17(18)19/h2-8,10,17,20H,9H2,1H3,(H,22,26). The van der Waals surface area contributed by atoms with Crippen molar-refractivity contribution in [3.63, 3.8) is 0 Å². The van der Waals surface area contributed by atoms with E-state index in [4.69, 9.17) is 0 Å². The third-order valence-electron chi connectivity index (χ3n) is 3.61. The average molecular weight is 374 g/mol. The maximum atomic E-state index is 12.1. The van der Waals surface area contributed by atoms with Gasteiger partial charge in [-0.3, -0.25) is 4.79 Å². The summed E-state index contributed by atoms with van der Waals surface area (Å²) in [5.41, 5.74) is 3.01. The molecular formula is C17H16F2N6O2. The number of tetrazole rings is 1. The van der Waals surface area contributed by atoms with Gasteiger partial charge in [0, 0.05) is 11.4 Å². The lowest BCUT2D eigenvalue weighted by Gasteiger charge is -2.11. The number of benzene rings is 2. The number of carbonyl (C=O) groups is 1. The van der Waals surface area contributed by atoms with Crippen molar-refractivity contribution in [3.8, 4) is 11.4 Å². The van der Waals surface area contributed by atoms with Crippen molar-refractivity contribution < 1.29 is 18.3 Å². The first-order chi connectivity index (χ1) is 13.0. The molecule has 1 amide bonds. The maximum Gasteiger partial charge on any atom is 0.387 e. The van der Waals surface area contributed by atoms with Crippen LogP contribution in [0.2, 0.25) is 0 Å². The van der Waals surface area contributed by atoms with Crippen LogP contribution in [0.5, 0.6) is 5.75 Å². The molecule has 3 aromatic rings. The van der Waals surface area contributed by atoms with Crippen molar-refractivity contribution in [1.29, 1.82) is 0 Å². The number of amides is 1. The Hall–Kier alpha value is -3.56. The second-order valence-corrected chi connectivity index (χ2v) is 5.56. The summed E-state index contributed by atoms with van der Waals surface area (Å²) in [6, 6.07) is 11.2. The number of hydrogen-bond donors (Lipinski definition) is 2. The topological polar surface area (TPSA) is 94.0 Å². The molecule has 0 spiro atoms. The molecule has 0 bridgehead atoms. The number of rotatable bonds is 7. The highest BCUT2D eigenvalue weighted by Gasteiger charge is 2.07. The number of nitrogens with one attached hydrogen (secondary N) is 2. The lowest BCUT2D eigenvalue weighted by molar-refractivity contribution is -0.114. The Morgan fingerprint density at radius 1 is 1.19 bits per heavy atom. The summed E-state index contributed by atoms with van der Waals surface area (Å²) in [5.74, 6) is -0.251. The van der Waals surface area contributed by atoms with Crippen LogP contribution in [0.1, 0.15) is 5.56 Å². The Morgan fingerprint density at radius 2 is 1.93 bits per heavy atom. The summed E-state index contributed by atoms with van der Waals surface area (Å²) in [4.78, 5) is 12.0. The number of ether oxygens (including phenoxy) is 1. The largest absolute Gasteiger partial charge is 0.435 e. The van der Waals surface area contributed by atoms with Gasteiger partial charge in [-0.1, -0.05) is 0 Å². The Morgan fingerprint density at radius 3 is 2.56 bits per heavy atom. The molecule has 0 aliphatic rings. The molecule has 10 heteroatoms. The van der Waals surface area contributed by atoms with Crippen molar-refractivity contribution in [1.82, 2.24) is 20.2 Å². The second kappa shape index (κ2) is 8.21. The van der Waals surface area contributed by atoms with Crippen LogP contribution in [0, 0.1) is 6.92 Å². The van der Waals surface area contributed by atoms with E-state index >= 15 is 0 Å². The molecule has 1 aromatic heterocycles. The first-order valence-corrected chi connectivity index (χ1v) is 7.94. The molecule has 0 fully saturated rings. The van der Waals surface area contributed by atoms with Gasteiger partial charge in [-0.25, -0.2) is 4.68 Å². The van der Waals surface area contributed by atoms with E-state index < -0.39 is 6.61 Å². The van der Waals surface area contributed by atoms with E-state index in [9.17, 15) is 13.6 Å². The van der Waals surface area contributed by atoms with Crippen LogP contribution >= 0.6 is 0 Å². The molecule has 0 unspecified atom stereocenters. The van der Waals surface area contributed by atoms with Gasteiger partial charge >= 0.3 is 6.61 Å². The van der Waals surface area contributed by atoms with Crippen molar-refractivity contribution in [2.45, 2.75) is 13.5 Å². The van der Waals surface area contributed by atoms with Crippen molar-refractivity contribution >= 4 is 17.3 Å². The van der Waals surface area contributed by atoms with Gasteiger partial charge in [0.2, 0.25) is 5.91 Å². The molecule has 0 saturated heterocycles. The Labute approximate surface area is 153 Å². The van der Waals surface area contributed by atoms with Gasteiger partial charge in [0.15, 0.2) is 0 Å². The number of alkyl halides is 2. The second-order valence-electron chi connectivity index (χ2n) is 5.56. The normalized spacial score (nSPS) is 10.7. The molecule has 8 nitrogen and oxygen atoms in total. The van der Waals surface area contributed by atoms with Crippen LogP contribution in [-0.2, 0) is 4.79 Å². The number of hydrogen-bond acceptors (Lipinski definition) is 6. The molecule has 27 heavy (non-hydrogen) atoms. The van der Waals surface area contributed by atoms with E-state index in [0.29, 0.717) is 5.69 Å². The van der Waals surface area contributed by atoms with Crippen molar-refractivity contribution in [3.05, 3.63) is 54.4 Å². The molecule has 0 radical (unpaired) electrons. The molecule has 3 rings (SSSR count). The molecule has 0 saturated carbocycles. The van der Waals surface area contributed by atoms with Gasteiger partial charge < -0.3 is 15.4 Å². The van der Waals surface area contributed by atoms with Crippen molar-refractivity contribution in [2.75, 3.05) is 17.2 Å².